The van der Waals surface area contributed by atoms with Crippen molar-refractivity contribution in [3.8, 4) is 0 Å². The van der Waals surface area contributed by atoms with E-state index in [0.29, 0.717) is 17.1 Å². The van der Waals surface area contributed by atoms with Crippen LogP contribution in [0, 0.1) is 18.6 Å². The molecule has 0 saturated heterocycles. The molecule has 4 heteroatoms. The normalized spacial score (nSPS) is 12.4. The largest absolute Gasteiger partial charge is 0.306 e. The highest BCUT2D eigenvalue weighted by Crippen LogP contribution is 2.30. The standard InChI is InChI=1S/C17H18ClF2N/c1-3-8-21-17(13-6-4-11(2)9-15(13)18)14-7-5-12(19)10-16(14)20/h4-7,9-10,17,21H,3,8H2,1-2H3. The molecule has 2 aromatic rings. The molecule has 0 aliphatic heterocycles. The van der Waals surface area contributed by atoms with Crippen LogP contribution in [0.3, 0.4) is 0 Å². The molecule has 0 spiro atoms. The third-order valence-electron chi connectivity index (χ3n) is 3.34. The van der Waals surface area contributed by atoms with Crippen molar-refractivity contribution in [3.63, 3.8) is 0 Å². The summed E-state index contributed by atoms with van der Waals surface area (Å²) in [7, 11) is 0. The third kappa shape index (κ3) is 3.80. The van der Waals surface area contributed by atoms with Crippen molar-refractivity contribution in [1.82, 2.24) is 5.32 Å². The monoisotopic (exact) mass is 309 g/mol. The summed E-state index contributed by atoms with van der Waals surface area (Å²) in [6, 6.07) is 8.90. The lowest BCUT2D eigenvalue weighted by atomic mass is 9.97. The fourth-order valence-corrected chi connectivity index (χ4v) is 2.62. The van der Waals surface area contributed by atoms with E-state index >= 15 is 0 Å². The number of benzene rings is 2. The second kappa shape index (κ2) is 7.01. The molecule has 1 N–H and O–H groups in total. The summed E-state index contributed by atoms with van der Waals surface area (Å²) in [5, 5.41) is 3.85. The van der Waals surface area contributed by atoms with Crippen LogP contribution in [0.5, 0.6) is 0 Å². The van der Waals surface area contributed by atoms with Gasteiger partial charge in [0.05, 0.1) is 6.04 Å². The van der Waals surface area contributed by atoms with Crippen LogP contribution in [-0.4, -0.2) is 6.54 Å². The minimum atomic E-state index is -0.583. The highest BCUT2D eigenvalue weighted by atomic mass is 35.5. The van der Waals surface area contributed by atoms with Crippen molar-refractivity contribution in [2.75, 3.05) is 6.54 Å². The smallest absolute Gasteiger partial charge is 0.131 e. The number of hydrogen-bond acceptors (Lipinski definition) is 1. The molecule has 0 saturated carbocycles. The van der Waals surface area contributed by atoms with Gasteiger partial charge >= 0.3 is 0 Å². The van der Waals surface area contributed by atoms with Crippen molar-refractivity contribution in [2.45, 2.75) is 26.3 Å². The van der Waals surface area contributed by atoms with E-state index in [1.54, 1.807) is 0 Å². The van der Waals surface area contributed by atoms with E-state index in [1.807, 2.05) is 32.0 Å². The molecule has 0 aliphatic rings. The summed E-state index contributed by atoms with van der Waals surface area (Å²) in [5.74, 6) is -1.15. The predicted molar refractivity (Wildman–Crippen MR) is 82.7 cm³/mol. The first-order valence-electron chi connectivity index (χ1n) is 6.97. The summed E-state index contributed by atoms with van der Waals surface area (Å²) in [5.41, 5.74) is 2.23. The van der Waals surface area contributed by atoms with Gasteiger partial charge in [-0.25, -0.2) is 8.78 Å². The van der Waals surface area contributed by atoms with Crippen molar-refractivity contribution >= 4 is 11.6 Å². The maximum Gasteiger partial charge on any atom is 0.131 e. The first-order chi connectivity index (χ1) is 10.0. The summed E-state index contributed by atoms with van der Waals surface area (Å²) < 4.78 is 27.2. The highest BCUT2D eigenvalue weighted by Gasteiger charge is 2.20. The zero-order valence-corrected chi connectivity index (χ0v) is 12.8. The predicted octanol–water partition coefficient (Wildman–Crippen LogP) is 5.02. The number of nitrogens with one attached hydrogen (secondary N) is 1. The zero-order valence-electron chi connectivity index (χ0n) is 12.1. The van der Waals surface area contributed by atoms with Gasteiger partial charge in [0.25, 0.3) is 0 Å². The Balaban J connectivity index is 2.46. The van der Waals surface area contributed by atoms with E-state index in [4.69, 9.17) is 11.6 Å². The van der Waals surface area contributed by atoms with Crippen LogP contribution in [0.4, 0.5) is 8.78 Å². The molecule has 0 fully saturated rings. The first-order valence-corrected chi connectivity index (χ1v) is 7.35. The van der Waals surface area contributed by atoms with Crippen LogP contribution >= 0.6 is 11.6 Å². The second-order valence-electron chi connectivity index (χ2n) is 5.08. The van der Waals surface area contributed by atoms with Gasteiger partial charge in [0.15, 0.2) is 0 Å². The van der Waals surface area contributed by atoms with E-state index in [2.05, 4.69) is 5.32 Å². The third-order valence-corrected chi connectivity index (χ3v) is 3.67. The maximum absolute atomic E-state index is 14.1. The van der Waals surface area contributed by atoms with E-state index in [0.717, 1.165) is 23.6 Å². The van der Waals surface area contributed by atoms with Gasteiger partial charge in [0, 0.05) is 16.7 Å². The molecule has 2 aromatic carbocycles. The van der Waals surface area contributed by atoms with Gasteiger partial charge in [-0.1, -0.05) is 36.7 Å². The molecule has 1 atom stereocenters. The molecule has 0 radical (unpaired) electrons. The molecule has 0 bridgehead atoms. The SMILES string of the molecule is CCCNC(c1ccc(F)cc1F)c1ccc(C)cc1Cl. The Hall–Kier alpha value is -1.45. The summed E-state index contributed by atoms with van der Waals surface area (Å²) in [6.45, 7) is 4.69. The Kier molecular flexibility index (Phi) is 5.32. The number of aryl methyl sites for hydroxylation is 1. The second-order valence-corrected chi connectivity index (χ2v) is 5.49. The van der Waals surface area contributed by atoms with Gasteiger partial charge in [-0.3, -0.25) is 0 Å². The summed E-state index contributed by atoms with van der Waals surface area (Å²) in [4.78, 5) is 0. The number of halogens is 3. The van der Waals surface area contributed by atoms with E-state index in [-0.39, 0.29) is 0 Å². The van der Waals surface area contributed by atoms with E-state index < -0.39 is 17.7 Å². The Bertz CT molecular complexity index is 577. The van der Waals surface area contributed by atoms with E-state index in [1.165, 1.54) is 12.1 Å². The molecule has 0 amide bonds. The first kappa shape index (κ1) is 15.9. The molecule has 0 aromatic heterocycles. The highest BCUT2D eigenvalue weighted by molar-refractivity contribution is 6.31. The van der Waals surface area contributed by atoms with Crippen LogP contribution in [0.25, 0.3) is 0 Å². The summed E-state index contributed by atoms with van der Waals surface area (Å²) >= 11 is 6.30. The molecular weight excluding hydrogens is 292 g/mol. The van der Waals surface area contributed by atoms with Crippen molar-refractivity contribution < 1.29 is 8.78 Å². The van der Waals surface area contributed by atoms with Crippen molar-refractivity contribution in [1.29, 1.82) is 0 Å². The fourth-order valence-electron chi connectivity index (χ4n) is 2.28. The fraction of sp³-hybridized carbons (Fsp3) is 0.294. The summed E-state index contributed by atoms with van der Waals surface area (Å²) in [6.07, 6.45) is 0.906. The Morgan fingerprint density at radius 3 is 2.43 bits per heavy atom. The van der Waals surface area contributed by atoms with Crippen LogP contribution in [0.1, 0.15) is 36.1 Å². The number of hydrogen-bond donors (Lipinski definition) is 1. The quantitative estimate of drug-likeness (QED) is 0.818. The van der Waals surface area contributed by atoms with Crippen molar-refractivity contribution in [3.05, 3.63) is 69.7 Å². The van der Waals surface area contributed by atoms with Gasteiger partial charge in [-0.2, -0.15) is 0 Å². The van der Waals surface area contributed by atoms with E-state index in [9.17, 15) is 8.78 Å². The Morgan fingerprint density at radius 2 is 1.81 bits per heavy atom. The molecule has 2 rings (SSSR count). The lowest BCUT2D eigenvalue weighted by Gasteiger charge is -2.21. The topological polar surface area (TPSA) is 12.0 Å². The molecule has 0 aliphatic carbocycles. The molecule has 1 nitrogen and oxygen atoms in total. The van der Waals surface area contributed by atoms with Crippen molar-refractivity contribution in [2.24, 2.45) is 0 Å². The molecule has 112 valence electrons. The van der Waals surface area contributed by atoms with Gasteiger partial charge in [0.2, 0.25) is 0 Å². The average molecular weight is 310 g/mol. The van der Waals surface area contributed by atoms with Crippen LogP contribution in [0.2, 0.25) is 5.02 Å². The molecular formula is C17H18ClF2N. The average Bonchev–Trinajstić information content (AvgIpc) is 2.42. The Morgan fingerprint density at radius 1 is 1.10 bits per heavy atom. The Labute approximate surface area is 128 Å². The molecule has 0 heterocycles. The van der Waals surface area contributed by atoms with Crippen LogP contribution < -0.4 is 5.32 Å². The molecule has 1 unspecified atom stereocenters. The molecule has 21 heavy (non-hydrogen) atoms. The maximum atomic E-state index is 14.1. The zero-order chi connectivity index (χ0) is 15.4. The minimum absolute atomic E-state index is 0.390. The van der Waals surface area contributed by atoms with Gasteiger partial charge in [-0.05, 0) is 43.1 Å². The minimum Gasteiger partial charge on any atom is -0.306 e. The van der Waals surface area contributed by atoms with Crippen LogP contribution in [0.15, 0.2) is 36.4 Å². The van der Waals surface area contributed by atoms with Gasteiger partial charge in [-0.15, -0.1) is 0 Å². The lowest BCUT2D eigenvalue weighted by Crippen LogP contribution is -2.24. The lowest BCUT2D eigenvalue weighted by molar-refractivity contribution is 0.533. The van der Waals surface area contributed by atoms with Crippen LogP contribution in [-0.2, 0) is 0 Å². The number of rotatable bonds is 5. The van der Waals surface area contributed by atoms with Gasteiger partial charge in [0.1, 0.15) is 11.6 Å². The van der Waals surface area contributed by atoms with Gasteiger partial charge < -0.3 is 5.32 Å².